The first-order valence-electron chi connectivity index (χ1n) is 3.85. The summed E-state index contributed by atoms with van der Waals surface area (Å²) in [6.07, 6.45) is 3.83. The SMILES string of the molecule is CC(O)C1=C([N+](=O)[O-])CCC=C1. The van der Waals surface area contributed by atoms with Crippen molar-refractivity contribution in [2.45, 2.75) is 25.9 Å². The molecule has 66 valence electrons. The Balaban J connectivity index is 3.00. The average Bonchev–Trinajstić information content (AvgIpc) is 2.04. The van der Waals surface area contributed by atoms with Crippen LogP contribution in [0, 0.1) is 10.1 Å². The minimum absolute atomic E-state index is 0.146. The predicted octanol–water partition coefficient (Wildman–Crippen LogP) is 1.25. The van der Waals surface area contributed by atoms with Crippen LogP contribution in [0.5, 0.6) is 0 Å². The van der Waals surface area contributed by atoms with Crippen LogP contribution < -0.4 is 0 Å². The molecule has 1 rings (SSSR count). The van der Waals surface area contributed by atoms with Crippen molar-refractivity contribution < 1.29 is 10.0 Å². The van der Waals surface area contributed by atoms with Crippen molar-refractivity contribution in [3.05, 3.63) is 33.5 Å². The molecule has 0 fully saturated rings. The highest BCUT2D eigenvalue weighted by Gasteiger charge is 2.21. The van der Waals surface area contributed by atoms with Crippen molar-refractivity contribution in [2.24, 2.45) is 0 Å². The zero-order valence-corrected chi connectivity index (χ0v) is 6.86. The van der Waals surface area contributed by atoms with Gasteiger partial charge >= 0.3 is 0 Å². The lowest BCUT2D eigenvalue weighted by Crippen LogP contribution is -2.13. The maximum atomic E-state index is 10.5. The second-order valence-corrected chi connectivity index (χ2v) is 2.78. The molecule has 0 aromatic heterocycles. The molecule has 0 saturated carbocycles. The predicted molar refractivity (Wildman–Crippen MR) is 44.1 cm³/mol. The smallest absolute Gasteiger partial charge is 0.252 e. The molecule has 0 aliphatic heterocycles. The van der Waals surface area contributed by atoms with Gasteiger partial charge in [0.15, 0.2) is 0 Å². The molecule has 0 heterocycles. The van der Waals surface area contributed by atoms with E-state index in [1.807, 2.05) is 6.08 Å². The number of hydrogen-bond donors (Lipinski definition) is 1. The molecule has 0 saturated heterocycles. The van der Waals surface area contributed by atoms with Crippen molar-refractivity contribution in [3.63, 3.8) is 0 Å². The lowest BCUT2D eigenvalue weighted by molar-refractivity contribution is -0.429. The maximum absolute atomic E-state index is 10.5. The van der Waals surface area contributed by atoms with Crippen LogP contribution in [-0.4, -0.2) is 16.1 Å². The molecular weight excluding hydrogens is 158 g/mol. The second kappa shape index (κ2) is 3.49. The van der Waals surface area contributed by atoms with Gasteiger partial charge in [-0.15, -0.1) is 0 Å². The van der Waals surface area contributed by atoms with Crippen molar-refractivity contribution in [2.75, 3.05) is 0 Å². The monoisotopic (exact) mass is 169 g/mol. The van der Waals surface area contributed by atoms with Gasteiger partial charge in [0, 0.05) is 6.42 Å². The lowest BCUT2D eigenvalue weighted by atomic mass is 10.00. The highest BCUT2D eigenvalue weighted by atomic mass is 16.6. The van der Waals surface area contributed by atoms with Crippen LogP contribution >= 0.6 is 0 Å². The Morgan fingerprint density at radius 2 is 2.42 bits per heavy atom. The highest BCUT2D eigenvalue weighted by molar-refractivity contribution is 5.28. The first-order valence-corrected chi connectivity index (χ1v) is 3.85. The zero-order valence-electron chi connectivity index (χ0n) is 6.86. The van der Waals surface area contributed by atoms with Gasteiger partial charge in [0.05, 0.1) is 16.6 Å². The van der Waals surface area contributed by atoms with E-state index in [1.165, 1.54) is 6.92 Å². The van der Waals surface area contributed by atoms with E-state index in [-0.39, 0.29) is 5.70 Å². The van der Waals surface area contributed by atoms with E-state index in [1.54, 1.807) is 6.08 Å². The molecule has 1 N–H and O–H groups in total. The summed E-state index contributed by atoms with van der Waals surface area (Å²) in [6.45, 7) is 1.54. The Labute approximate surface area is 70.4 Å². The fourth-order valence-corrected chi connectivity index (χ4v) is 1.25. The summed E-state index contributed by atoms with van der Waals surface area (Å²) in [7, 11) is 0. The number of rotatable bonds is 2. The van der Waals surface area contributed by atoms with E-state index < -0.39 is 11.0 Å². The molecule has 0 amide bonds. The summed E-state index contributed by atoms with van der Waals surface area (Å²) >= 11 is 0. The fraction of sp³-hybridized carbons (Fsp3) is 0.500. The summed E-state index contributed by atoms with van der Waals surface area (Å²) in [4.78, 5) is 10.1. The van der Waals surface area contributed by atoms with Crippen LogP contribution in [0.25, 0.3) is 0 Å². The molecule has 0 aromatic rings. The second-order valence-electron chi connectivity index (χ2n) is 2.78. The van der Waals surface area contributed by atoms with Crippen molar-refractivity contribution in [1.29, 1.82) is 0 Å². The summed E-state index contributed by atoms with van der Waals surface area (Å²) in [5.41, 5.74) is 0.582. The highest BCUT2D eigenvalue weighted by Crippen LogP contribution is 2.21. The van der Waals surface area contributed by atoms with Gasteiger partial charge in [0.25, 0.3) is 5.70 Å². The Morgan fingerprint density at radius 1 is 1.75 bits per heavy atom. The minimum atomic E-state index is -0.748. The van der Waals surface area contributed by atoms with Crippen LogP contribution in [0.2, 0.25) is 0 Å². The minimum Gasteiger partial charge on any atom is -0.388 e. The Hall–Kier alpha value is -1.16. The third kappa shape index (κ3) is 1.71. The van der Waals surface area contributed by atoms with Gasteiger partial charge in [-0.25, -0.2) is 0 Å². The molecule has 12 heavy (non-hydrogen) atoms. The molecule has 0 bridgehead atoms. The molecule has 0 radical (unpaired) electrons. The third-order valence-corrected chi connectivity index (χ3v) is 1.85. The van der Waals surface area contributed by atoms with E-state index in [4.69, 9.17) is 0 Å². The molecule has 4 heteroatoms. The van der Waals surface area contributed by atoms with E-state index >= 15 is 0 Å². The number of allylic oxidation sites excluding steroid dienone is 2. The van der Waals surface area contributed by atoms with Gasteiger partial charge < -0.3 is 5.11 Å². The van der Waals surface area contributed by atoms with Crippen LogP contribution in [-0.2, 0) is 0 Å². The zero-order chi connectivity index (χ0) is 9.14. The van der Waals surface area contributed by atoms with Crippen LogP contribution in [0.15, 0.2) is 23.4 Å². The van der Waals surface area contributed by atoms with E-state index in [0.29, 0.717) is 18.4 Å². The maximum Gasteiger partial charge on any atom is 0.252 e. The van der Waals surface area contributed by atoms with Crippen molar-refractivity contribution in [3.8, 4) is 0 Å². The Kier molecular flexibility index (Phi) is 2.60. The average molecular weight is 169 g/mol. The van der Waals surface area contributed by atoms with Crippen LogP contribution in [0.4, 0.5) is 0 Å². The standard InChI is InChI=1S/C8H11NO3/c1-6(10)7-4-2-3-5-8(7)9(11)12/h2,4,6,10H,3,5H2,1H3. The normalized spacial score (nSPS) is 19.5. The van der Waals surface area contributed by atoms with E-state index in [0.717, 1.165) is 0 Å². The molecule has 0 aromatic carbocycles. The third-order valence-electron chi connectivity index (χ3n) is 1.85. The van der Waals surface area contributed by atoms with Gasteiger partial charge in [-0.1, -0.05) is 12.2 Å². The summed E-state index contributed by atoms with van der Waals surface area (Å²) in [5.74, 6) is 0. The number of hydrogen-bond acceptors (Lipinski definition) is 3. The first-order chi connectivity index (χ1) is 5.63. The summed E-state index contributed by atoms with van der Waals surface area (Å²) < 4.78 is 0. The first kappa shape index (κ1) is 8.93. The molecule has 1 unspecified atom stereocenters. The number of aliphatic hydroxyl groups excluding tert-OH is 1. The number of aliphatic hydroxyl groups is 1. The van der Waals surface area contributed by atoms with Crippen molar-refractivity contribution in [1.82, 2.24) is 0 Å². The topological polar surface area (TPSA) is 63.4 Å². The van der Waals surface area contributed by atoms with Gasteiger partial charge in [-0.3, -0.25) is 10.1 Å². The van der Waals surface area contributed by atoms with Crippen LogP contribution in [0.1, 0.15) is 19.8 Å². The summed E-state index contributed by atoms with van der Waals surface area (Å²) in [6, 6.07) is 0. The van der Waals surface area contributed by atoms with Crippen LogP contribution in [0.3, 0.4) is 0 Å². The molecule has 1 aliphatic rings. The number of nitrogens with zero attached hydrogens (tertiary/aromatic N) is 1. The molecule has 4 nitrogen and oxygen atoms in total. The van der Waals surface area contributed by atoms with Gasteiger partial charge in [0.1, 0.15) is 0 Å². The fourth-order valence-electron chi connectivity index (χ4n) is 1.25. The largest absolute Gasteiger partial charge is 0.388 e. The van der Waals surface area contributed by atoms with Gasteiger partial charge in [0.2, 0.25) is 0 Å². The quantitative estimate of drug-likeness (QED) is 0.499. The van der Waals surface area contributed by atoms with E-state index in [9.17, 15) is 15.2 Å². The van der Waals surface area contributed by atoms with E-state index in [2.05, 4.69) is 0 Å². The molecule has 1 atom stereocenters. The van der Waals surface area contributed by atoms with Crippen molar-refractivity contribution >= 4 is 0 Å². The van der Waals surface area contributed by atoms with Gasteiger partial charge in [-0.2, -0.15) is 0 Å². The lowest BCUT2D eigenvalue weighted by Gasteiger charge is -2.10. The summed E-state index contributed by atoms with van der Waals surface area (Å²) in [5, 5.41) is 19.7. The molecule has 0 spiro atoms. The van der Waals surface area contributed by atoms with Gasteiger partial charge in [-0.05, 0) is 13.3 Å². The Morgan fingerprint density at radius 3 is 2.83 bits per heavy atom. The number of nitro groups is 1. The Bertz CT molecular complexity index is 253. The molecular formula is C8H11NO3. The molecule has 1 aliphatic carbocycles.